The molecule has 0 bridgehead atoms. The number of rotatable bonds is 2. The van der Waals surface area contributed by atoms with E-state index >= 15 is 0 Å². The van der Waals surface area contributed by atoms with E-state index in [9.17, 15) is 9.18 Å². The molecule has 1 fully saturated rings. The molecule has 1 aromatic rings. The molecule has 2 amide bonds. The largest absolute Gasteiger partial charge is 0.334 e. The number of benzene rings is 1. The molecule has 0 unspecified atom stereocenters. The van der Waals surface area contributed by atoms with E-state index in [0.717, 1.165) is 25.9 Å². The van der Waals surface area contributed by atoms with Crippen molar-refractivity contribution in [2.24, 2.45) is 0 Å². The third-order valence-electron chi connectivity index (χ3n) is 3.06. The highest BCUT2D eigenvalue weighted by Crippen LogP contribution is 2.13. The fourth-order valence-corrected chi connectivity index (χ4v) is 2.00. The average Bonchev–Trinajstić information content (AvgIpc) is 2.35. The van der Waals surface area contributed by atoms with Crippen molar-refractivity contribution in [1.82, 2.24) is 10.6 Å². The smallest absolute Gasteiger partial charge is 0.319 e. The van der Waals surface area contributed by atoms with E-state index in [2.05, 4.69) is 16.0 Å². The second-order valence-electron chi connectivity index (χ2n) is 4.61. The van der Waals surface area contributed by atoms with Crippen LogP contribution in [0.25, 0.3) is 0 Å². The molecule has 2 rings (SSSR count). The van der Waals surface area contributed by atoms with E-state index in [0.29, 0.717) is 11.3 Å². The number of anilines is 1. The molecule has 1 aliphatic heterocycles. The van der Waals surface area contributed by atoms with E-state index in [1.54, 1.807) is 19.1 Å². The van der Waals surface area contributed by atoms with E-state index < -0.39 is 0 Å². The zero-order chi connectivity index (χ0) is 13.0. The molecule has 3 N–H and O–H groups in total. The number of aryl methyl sites for hydroxylation is 1. The summed E-state index contributed by atoms with van der Waals surface area (Å²) in [4.78, 5) is 11.7. The van der Waals surface area contributed by atoms with Crippen LogP contribution in [-0.2, 0) is 0 Å². The molecule has 0 saturated carbocycles. The lowest BCUT2D eigenvalue weighted by atomic mass is 10.1. The molecule has 1 atom stereocenters. The summed E-state index contributed by atoms with van der Waals surface area (Å²) in [5.41, 5.74) is 1.04. The van der Waals surface area contributed by atoms with Crippen molar-refractivity contribution in [2.45, 2.75) is 25.8 Å². The normalized spacial score (nSPS) is 19.3. The van der Waals surface area contributed by atoms with Gasteiger partial charge in [-0.15, -0.1) is 0 Å². The number of hydrogen-bond donors (Lipinski definition) is 3. The second-order valence-corrected chi connectivity index (χ2v) is 4.61. The minimum atomic E-state index is -0.313. The summed E-state index contributed by atoms with van der Waals surface area (Å²) >= 11 is 0. The molecule has 1 aromatic carbocycles. The summed E-state index contributed by atoms with van der Waals surface area (Å²) < 4.78 is 13.3. The Labute approximate surface area is 106 Å². The maximum atomic E-state index is 13.3. The molecule has 1 heterocycles. The van der Waals surface area contributed by atoms with Crippen molar-refractivity contribution >= 4 is 11.7 Å². The Hall–Kier alpha value is -1.62. The maximum Gasteiger partial charge on any atom is 0.319 e. The van der Waals surface area contributed by atoms with Crippen LogP contribution < -0.4 is 16.0 Å². The Bertz CT molecular complexity index is 430. The van der Waals surface area contributed by atoms with E-state index in [1.165, 1.54) is 6.07 Å². The number of hydrogen-bond acceptors (Lipinski definition) is 2. The summed E-state index contributed by atoms with van der Waals surface area (Å²) in [7, 11) is 0. The molecule has 0 spiro atoms. The number of nitrogens with one attached hydrogen (secondary N) is 3. The first-order valence-corrected chi connectivity index (χ1v) is 6.19. The van der Waals surface area contributed by atoms with Crippen LogP contribution in [0.2, 0.25) is 0 Å². The highest BCUT2D eigenvalue weighted by atomic mass is 19.1. The first-order chi connectivity index (χ1) is 8.65. The van der Waals surface area contributed by atoms with Gasteiger partial charge in [0.1, 0.15) is 5.82 Å². The molecular weight excluding hydrogens is 233 g/mol. The van der Waals surface area contributed by atoms with Crippen LogP contribution >= 0.6 is 0 Å². The number of piperidine rings is 1. The van der Waals surface area contributed by atoms with Gasteiger partial charge in [0.05, 0.1) is 0 Å². The molecule has 5 heteroatoms. The van der Waals surface area contributed by atoms with Gasteiger partial charge < -0.3 is 16.0 Å². The average molecular weight is 251 g/mol. The van der Waals surface area contributed by atoms with Crippen LogP contribution in [0.15, 0.2) is 18.2 Å². The molecule has 0 aliphatic carbocycles. The van der Waals surface area contributed by atoms with Crippen molar-refractivity contribution in [3.8, 4) is 0 Å². The van der Waals surface area contributed by atoms with Gasteiger partial charge in [0, 0.05) is 18.3 Å². The highest BCUT2D eigenvalue weighted by molar-refractivity contribution is 5.89. The van der Waals surface area contributed by atoms with Crippen molar-refractivity contribution in [3.05, 3.63) is 29.6 Å². The first kappa shape index (κ1) is 12.8. The lowest BCUT2D eigenvalue weighted by molar-refractivity contribution is 0.245. The van der Waals surface area contributed by atoms with Crippen LogP contribution in [0, 0.1) is 12.7 Å². The predicted molar refractivity (Wildman–Crippen MR) is 69.2 cm³/mol. The standard InChI is InChI=1S/C13H18FN3O/c1-9-4-5-10(7-12(9)14)16-13(18)17-11-3-2-6-15-8-11/h4-5,7,11,15H,2-3,6,8H2,1H3,(H2,16,17,18)/t11-/m0/s1. The van der Waals surface area contributed by atoms with Gasteiger partial charge in [-0.3, -0.25) is 0 Å². The van der Waals surface area contributed by atoms with Gasteiger partial charge in [-0.2, -0.15) is 0 Å². The molecule has 1 aliphatic rings. The molecule has 98 valence electrons. The van der Waals surface area contributed by atoms with E-state index in [4.69, 9.17) is 0 Å². The van der Waals surface area contributed by atoms with Crippen molar-refractivity contribution in [1.29, 1.82) is 0 Å². The molecule has 4 nitrogen and oxygen atoms in total. The Kier molecular flexibility index (Phi) is 4.15. The fourth-order valence-electron chi connectivity index (χ4n) is 2.00. The minimum absolute atomic E-state index is 0.147. The van der Waals surface area contributed by atoms with Crippen molar-refractivity contribution in [2.75, 3.05) is 18.4 Å². The van der Waals surface area contributed by atoms with Gasteiger partial charge in [-0.25, -0.2) is 9.18 Å². The second kappa shape index (κ2) is 5.82. The molecule has 0 aromatic heterocycles. The molecule has 18 heavy (non-hydrogen) atoms. The SMILES string of the molecule is Cc1ccc(NC(=O)N[C@H]2CCCNC2)cc1F. The van der Waals surface area contributed by atoms with Gasteiger partial charge in [-0.1, -0.05) is 6.07 Å². The highest BCUT2D eigenvalue weighted by Gasteiger charge is 2.15. The van der Waals surface area contributed by atoms with Gasteiger partial charge in [0.15, 0.2) is 0 Å². The van der Waals surface area contributed by atoms with Gasteiger partial charge >= 0.3 is 6.03 Å². The van der Waals surface area contributed by atoms with Crippen LogP contribution in [0.5, 0.6) is 0 Å². The lowest BCUT2D eigenvalue weighted by Crippen LogP contribution is -2.47. The summed E-state index contributed by atoms with van der Waals surface area (Å²) in [6, 6.07) is 4.53. The van der Waals surface area contributed by atoms with Gasteiger partial charge in [0.2, 0.25) is 0 Å². The third-order valence-corrected chi connectivity index (χ3v) is 3.06. The maximum absolute atomic E-state index is 13.3. The lowest BCUT2D eigenvalue weighted by Gasteiger charge is -2.23. The fraction of sp³-hybridized carbons (Fsp3) is 0.462. The zero-order valence-electron chi connectivity index (χ0n) is 10.4. The van der Waals surface area contributed by atoms with Crippen molar-refractivity contribution in [3.63, 3.8) is 0 Å². The number of carbonyl (C=O) groups is 1. The summed E-state index contributed by atoms with van der Waals surface area (Å²) in [6.07, 6.45) is 2.03. The summed E-state index contributed by atoms with van der Waals surface area (Å²) in [5.74, 6) is -0.313. The topological polar surface area (TPSA) is 53.2 Å². The summed E-state index contributed by atoms with van der Waals surface area (Å²) in [5, 5.41) is 8.72. The molecule has 1 saturated heterocycles. The minimum Gasteiger partial charge on any atom is -0.334 e. The van der Waals surface area contributed by atoms with Crippen LogP contribution in [-0.4, -0.2) is 25.2 Å². The van der Waals surface area contributed by atoms with Gasteiger partial charge in [0.25, 0.3) is 0 Å². The number of urea groups is 1. The van der Waals surface area contributed by atoms with Crippen LogP contribution in [0.1, 0.15) is 18.4 Å². The number of carbonyl (C=O) groups excluding carboxylic acids is 1. The van der Waals surface area contributed by atoms with Gasteiger partial charge in [-0.05, 0) is 44.0 Å². The van der Waals surface area contributed by atoms with Crippen LogP contribution in [0.4, 0.5) is 14.9 Å². The first-order valence-electron chi connectivity index (χ1n) is 6.19. The Morgan fingerprint density at radius 2 is 2.33 bits per heavy atom. The van der Waals surface area contributed by atoms with Crippen LogP contribution in [0.3, 0.4) is 0 Å². The number of halogens is 1. The molecule has 0 radical (unpaired) electrons. The Morgan fingerprint density at radius 1 is 1.50 bits per heavy atom. The quantitative estimate of drug-likeness (QED) is 0.753. The van der Waals surface area contributed by atoms with Crippen molar-refractivity contribution < 1.29 is 9.18 Å². The Morgan fingerprint density at radius 3 is 3.00 bits per heavy atom. The summed E-state index contributed by atoms with van der Waals surface area (Å²) in [6.45, 7) is 3.48. The monoisotopic (exact) mass is 251 g/mol. The zero-order valence-corrected chi connectivity index (χ0v) is 10.4. The van der Waals surface area contributed by atoms with E-state index in [-0.39, 0.29) is 17.9 Å². The Balaban J connectivity index is 1.88. The number of amides is 2. The third kappa shape index (κ3) is 3.43. The predicted octanol–water partition coefficient (Wildman–Crippen LogP) is 2.01. The molecular formula is C13H18FN3O. The van der Waals surface area contributed by atoms with E-state index in [1.807, 2.05) is 0 Å².